The monoisotopic (exact) mass is 798 g/mol. The van der Waals surface area contributed by atoms with E-state index in [-0.39, 0.29) is 51.0 Å². The lowest BCUT2D eigenvalue weighted by molar-refractivity contribution is -0.133. The quantitative estimate of drug-likeness (QED) is 0.0517. The number of guanidine groups is 1. The molecule has 0 radical (unpaired) electrons. The van der Waals surface area contributed by atoms with Crippen LogP contribution in [0.2, 0.25) is 0 Å². The average Bonchev–Trinajstić information content (AvgIpc) is 3.10. The molecular weight excluding hydrogens is 734 g/mol. The molecule has 2 aromatic carbocycles. The third kappa shape index (κ3) is 20.6. The minimum Gasteiger partial charge on any atom is -0.444 e. The summed E-state index contributed by atoms with van der Waals surface area (Å²) in [6.45, 7) is 7.61. The van der Waals surface area contributed by atoms with Crippen molar-refractivity contribution in [2.24, 2.45) is 22.2 Å². The second-order valence-electron chi connectivity index (χ2n) is 15.1. The second kappa shape index (κ2) is 23.3. The van der Waals surface area contributed by atoms with E-state index in [0.717, 1.165) is 0 Å². The summed E-state index contributed by atoms with van der Waals surface area (Å²) in [6, 6.07) is 11.0. The highest BCUT2D eigenvalue weighted by molar-refractivity contribution is 5.95. The number of nitrogens with zero attached hydrogens (tertiary/aromatic N) is 1. The molecule has 0 unspecified atom stereocenters. The fraction of sp³-hybridized carbons (Fsp3) is 0.525. The van der Waals surface area contributed by atoms with Crippen LogP contribution in [0.1, 0.15) is 88.9 Å². The van der Waals surface area contributed by atoms with E-state index in [9.17, 15) is 28.8 Å². The first-order chi connectivity index (χ1) is 27.8. The Hall–Kier alpha value is -5.87. The lowest BCUT2D eigenvalue weighted by Gasteiger charge is -2.27. The number of hydrogen-bond donors (Lipinski definition) is 8. The minimum absolute atomic E-state index is 0.0263. The van der Waals surface area contributed by atoms with E-state index in [2.05, 4.69) is 31.6 Å². The van der Waals surface area contributed by atoms with Gasteiger partial charge in [0.1, 0.15) is 35.3 Å². The van der Waals surface area contributed by atoms with Crippen molar-refractivity contribution >= 4 is 41.8 Å². The zero-order chi connectivity index (χ0) is 45.3. The number of rotatable bonds is 21. The summed E-state index contributed by atoms with van der Waals surface area (Å²) in [6.07, 6.45) is -2.84. The van der Waals surface area contributed by atoms with Crippen molar-refractivity contribution in [2.45, 2.75) is 122 Å². The summed E-state index contributed by atoms with van der Waals surface area (Å²) in [5.74, 6) is -3.98. The van der Waals surface area contributed by atoms with Gasteiger partial charge in [-0.2, -0.15) is 0 Å². The first kappa shape index (κ1) is 42.3. The van der Waals surface area contributed by atoms with Gasteiger partial charge in [0.25, 0.3) is 0 Å². The van der Waals surface area contributed by atoms with E-state index in [1.165, 1.54) is 0 Å². The Morgan fingerprint density at radius 2 is 1.12 bits per heavy atom. The number of amides is 6. The van der Waals surface area contributed by atoms with Crippen LogP contribution in [-0.4, -0.2) is 90.2 Å². The van der Waals surface area contributed by atoms with E-state index >= 15 is 0 Å². The Labute approximate surface area is 339 Å². The smallest absolute Gasteiger partial charge is 0.408 e. The van der Waals surface area contributed by atoms with Gasteiger partial charge in [-0.3, -0.25) is 24.2 Å². The Morgan fingerprint density at radius 1 is 0.649 bits per heavy atom. The molecule has 6 amide bonds. The Morgan fingerprint density at radius 3 is 1.63 bits per heavy atom. The van der Waals surface area contributed by atoms with E-state index in [4.69, 9.17) is 30.8 Å². The van der Waals surface area contributed by atoms with Crippen LogP contribution in [0.25, 0.3) is 0 Å². The number of carbonyl (C=O) groups is 6. The predicted octanol–water partition coefficient (Wildman–Crippen LogP) is 2.05. The van der Waals surface area contributed by atoms with Crippen molar-refractivity contribution < 1.29 is 42.4 Å². The molecule has 314 valence electrons. The molecule has 0 aromatic heterocycles. The Kier molecular flexibility index (Phi) is 17.2. The number of ether oxygens (including phenoxy) is 2. The highest BCUT2D eigenvalue weighted by Crippen LogP contribution is 2.12. The molecule has 2 aromatic rings. The van der Waals surface area contributed by atoms with Crippen LogP contribution in [-0.2, 0) is 41.5 Å². The molecule has 0 bridgehead atoms. The van der Waals surface area contributed by atoms with Gasteiger partial charge in [0.05, 0.1) is 1.37 Å². The number of primary amides is 1. The van der Waals surface area contributed by atoms with Gasteiger partial charge >= 0.3 is 12.2 Å². The van der Waals surface area contributed by atoms with Crippen LogP contribution >= 0.6 is 0 Å². The standard InChI is InChI=1S/C40H61N9O8/c1-39(2,3)56-37(54)45-22-14-13-20-28(32(41)50)46-34(52)30(24-26-16-9-7-10-17-26)48-33(51)29(21-15-23-44-36(42)43)47-35(53)31(25-27-18-11-8-12-19-27)49-38(55)57-40(4,5)6/h7-12,16-19,28-31H,13-15,20-25H2,1-6H3,(H2,41,50)(H,45,54)(H,46,52)(H,47,53)(H,48,51)(H,49,55)(H4,42,43,44)/t28-,29+,30-,31-/m0/s1/i22D2,28D. The van der Waals surface area contributed by atoms with Gasteiger partial charge in [0, 0.05) is 28.6 Å². The third-order valence-electron chi connectivity index (χ3n) is 7.67. The zero-order valence-electron chi connectivity index (χ0n) is 36.6. The number of benzene rings is 2. The summed E-state index contributed by atoms with van der Waals surface area (Å²) in [7, 11) is 0. The average molecular weight is 799 g/mol. The maximum absolute atomic E-state index is 14.1. The van der Waals surface area contributed by atoms with Crippen molar-refractivity contribution in [1.29, 1.82) is 0 Å². The molecule has 11 N–H and O–H groups in total. The van der Waals surface area contributed by atoms with Crippen LogP contribution < -0.4 is 43.8 Å². The maximum atomic E-state index is 14.1. The molecule has 17 heteroatoms. The number of alkyl carbamates (subject to hydrolysis) is 2. The Balaban J connectivity index is 2.39. The lowest BCUT2D eigenvalue weighted by atomic mass is 10.0. The Bertz CT molecular complexity index is 1790. The topological polar surface area (TPSA) is 271 Å². The largest absolute Gasteiger partial charge is 0.444 e. The molecule has 0 saturated heterocycles. The summed E-state index contributed by atoms with van der Waals surface area (Å²) >= 11 is 0. The van der Waals surface area contributed by atoms with Crippen LogP contribution in [0.5, 0.6) is 0 Å². The normalized spacial score (nSPS) is 14.9. The van der Waals surface area contributed by atoms with E-state index in [1.54, 1.807) is 102 Å². The first-order valence-electron chi connectivity index (χ1n) is 20.1. The molecule has 0 aliphatic heterocycles. The van der Waals surface area contributed by atoms with Crippen molar-refractivity contribution in [2.75, 3.05) is 13.0 Å². The van der Waals surface area contributed by atoms with E-state index in [0.29, 0.717) is 11.1 Å². The first-order valence-corrected chi connectivity index (χ1v) is 18.6. The van der Waals surface area contributed by atoms with Crippen LogP contribution in [0.3, 0.4) is 0 Å². The molecule has 0 spiro atoms. The van der Waals surface area contributed by atoms with Gasteiger partial charge in [0.2, 0.25) is 23.6 Å². The van der Waals surface area contributed by atoms with E-state index < -0.39 is 84.1 Å². The third-order valence-corrected chi connectivity index (χ3v) is 7.67. The molecule has 0 aliphatic carbocycles. The summed E-state index contributed by atoms with van der Waals surface area (Å²) in [5, 5.41) is 12.3. The van der Waals surface area contributed by atoms with Crippen molar-refractivity contribution in [3.63, 3.8) is 0 Å². The zero-order valence-corrected chi connectivity index (χ0v) is 33.6. The number of nitrogens with two attached hydrogens (primary N) is 3. The lowest BCUT2D eigenvalue weighted by Crippen LogP contribution is -2.59. The fourth-order valence-corrected chi connectivity index (χ4v) is 5.16. The van der Waals surface area contributed by atoms with Crippen molar-refractivity contribution in [1.82, 2.24) is 26.6 Å². The SMILES string of the molecule is [2H]C([2H])(CCC[C@]([2H])(NC(=O)[C@H](Cc1ccccc1)NC(=O)[C@@H](CCCN=C(N)N)NC(=O)[C@H](Cc1ccccc1)NC(=O)OC(C)(C)C)C(N)=O)NC(=O)OC(C)(C)C. The molecule has 57 heavy (non-hydrogen) atoms. The van der Waals surface area contributed by atoms with Gasteiger partial charge < -0.3 is 53.3 Å². The molecular formula is C40H61N9O8. The van der Waals surface area contributed by atoms with Gasteiger partial charge in [-0.15, -0.1) is 0 Å². The van der Waals surface area contributed by atoms with Gasteiger partial charge in [-0.05, 0) is 84.8 Å². The van der Waals surface area contributed by atoms with Gasteiger partial charge in [-0.1, -0.05) is 60.7 Å². The van der Waals surface area contributed by atoms with Crippen LogP contribution in [0, 0.1) is 0 Å². The number of hydrogen-bond acceptors (Lipinski definition) is 9. The number of nitrogens with one attached hydrogen (secondary N) is 5. The second-order valence-corrected chi connectivity index (χ2v) is 15.1. The molecule has 0 saturated carbocycles. The van der Waals surface area contributed by atoms with Crippen molar-refractivity contribution in [3.8, 4) is 0 Å². The fourth-order valence-electron chi connectivity index (χ4n) is 5.16. The molecule has 17 nitrogen and oxygen atoms in total. The molecule has 0 aliphatic rings. The van der Waals surface area contributed by atoms with Crippen LogP contribution in [0.15, 0.2) is 65.7 Å². The molecule has 0 fully saturated rings. The number of carbonyl (C=O) groups excluding carboxylic acids is 6. The molecule has 4 atom stereocenters. The summed E-state index contributed by atoms with van der Waals surface area (Å²) < 4.78 is 35.7. The van der Waals surface area contributed by atoms with Crippen molar-refractivity contribution in [3.05, 3.63) is 71.8 Å². The molecule has 2 rings (SSSR count). The maximum Gasteiger partial charge on any atom is 0.408 e. The summed E-state index contributed by atoms with van der Waals surface area (Å²) in [5.41, 5.74) is 16.1. The van der Waals surface area contributed by atoms with E-state index in [1.807, 2.05) is 0 Å². The highest BCUT2D eigenvalue weighted by atomic mass is 16.6. The summed E-state index contributed by atoms with van der Waals surface area (Å²) in [4.78, 5) is 83.7. The highest BCUT2D eigenvalue weighted by Gasteiger charge is 2.32. The van der Waals surface area contributed by atoms with Crippen LogP contribution in [0.4, 0.5) is 9.59 Å². The minimum atomic E-state index is -2.47. The van der Waals surface area contributed by atoms with Gasteiger partial charge in [0.15, 0.2) is 5.96 Å². The molecule has 0 heterocycles. The van der Waals surface area contributed by atoms with Gasteiger partial charge in [-0.25, -0.2) is 9.59 Å². The predicted molar refractivity (Wildman–Crippen MR) is 216 cm³/mol. The number of aliphatic imine (C=N–C) groups is 1.